The van der Waals surface area contributed by atoms with Crippen LogP contribution in [0.25, 0.3) is 16.5 Å². The quantitative estimate of drug-likeness (QED) is 0.383. The molecular formula is C23H18BrN3O4S. The number of esters is 1. The number of ether oxygens (including phenoxy) is 1. The van der Waals surface area contributed by atoms with Crippen molar-refractivity contribution in [1.82, 2.24) is 9.78 Å². The fraction of sp³-hybridized carbons (Fsp3) is 0.130. The lowest BCUT2D eigenvalue weighted by atomic mass is 10.2. The van der Waals surface area contributed by atoms with Crippen LogP contribution in [0.2, 0.25) is 0 Å². The molecule has 1 amide bonds. The van der Waals surface area contributed by atoms with Gasteiger partial charge in [-0.25, -0.2) is 4.79 Å². The molecule has 9 heteroatoms. The number of hydrogen-bond donors (Lipinski definition) is 1. The molecule has 2 aromatic carbocycles. The van der Waals surface area contributed by atoms with E-state index in [4.69, 9.17) is 4.74 Å². The van der Waals surface area contributed by atoms with E-state index in [9.17, 15) is 14.4 Å². The molecule has 0 saturated carbocycles. The van der Waals surface area contributed by atoms with E-state index in [1.807, 2.05) is 19.1 Å². The first-order valence-corrected chi connectivity index (χ1v) is 11.4. The molecule has 2 aromatic heterocycles. The molecule has 0 spiro atoms. The minimum absolute atomic E-state index is 0.0159. The Morgan fingerprint density at radius 3 is 2.69 bits per heavy atom. The smallest absolute Gasteiger partial charge is 0.359 e. The summed E-state index contributed by atoms with van der Waals surface area (Å²) in [6.07, 6.45) is 0. The van der Waals surface area contributed by atoms with Gasteiger partial charge in [0, 0.05) is 20.8 Å². The Balaban J connectivity index is 1.89. The van der Waals surface area contributed by atoms with Crippen molar-refractivity contribution in [3.05, 3.63) is 85.6 Å². The van der Waals surface area contributed by atoms with Crippen LogP contribution in [0.3, 0.4) is 0 Å². The van der Waals surface area contributed by atoms with Crippen LogP contribution in [0, 0.1) is 6.92 Å². The van der Waals surface area contributed by atoms with Gasteiger partial charge in [-0.1, -0.05) is 34.1 Å². The number of rotatable bonds is 5. The average Bonchev–Trinajstić information content (AvgIpc) is 3.18. The molecule has 32 heavy (non-hydrogen) atoms. The minimum atomic E-state index is -0.637. The molecule has 0 fully saturated rings. The molecule has 0 aliphatic carbocycles. The van der Waals surface area contributed by atoms with Crippen LogP contribution in [0.4, 0.5) is 5.00 Å². The third-order valence-corrected chi connectivity index (χ3v) is 6.07. The number of fused-ring (bicyclic) bond motifs is 1. The lowest BCUT2D eigenvalue weighted by Gasteiger charge is -2.10. The second-order valence-electron chi connectivity index (χ2n) is 6.94. The number of nitrogens with zero attached hydrogens (tertiary/aromatic N) is 2. The van der Waals surface area contributed by atoms with Crippen LogP contribution < -0.4 is 10.9 Å². The molecule has 162 valence electrons. The molecule has 0 aliphatic heterocycles. The number of hydrogen-bond acceptors (Lipinski definition) is 6. The van der Waals surface area contributed by atoms with Crippen molar-refractivity contribution < 1.29 is 14.3 Å². The second-order valence-corrected chi connectivity index (χ2v) is 8.74. The van der Waals surface area contributed by atoms with Crippen molar-refractivity contribution in [2.75, 3.05) is 11.9 Å². The predicted molar refractivity (Wildman–Crippen MR) is 128 cm³/mol. The third kappa shape index (κ3) is 4.21. The highest BCUT2D eigenvalue weighted by molar-refractivity contribution is 9.10. The number of thiophene rings is 1. The number of carbonyl (C=O) groups is 2. The number of anilines is 1. The maximum absolute atomic E-state index is 13.4. The lowest BCUT2D eigenvalue weighted by molar-refractivity contribution is 0.0520. The standard InChI is InChI=1S/C23H18BrN3O4S/c1-3-31-23(30)19-17-12-32-21(25-20(28)14-7-5-8-15(24)11-14)18(17)22(29)27(26-19)16-9-4-6-13(2)10-16/h4-12H,3H2,1-2H3,(H,25,28). The maximum Gasteiger partial charge on any atom is 0.359 e. The molecule has 0 unspecified atom stereocenters. The van der Waals surface area contributed by atoms with Gasteiger partial charge in [-0.2, -0.15) is 9.78 Å². The lowest BCUT2D eigenvalue weighted by Crippen LogP contribution is -2.25. The fourth-order valence-corrected chi connectivity index (χ4v) is 4.56. The molecule has 1 N–H and O–H groups in total. The number of aryl methyl sites for hydroxylation is 1. The Morgan fingerprint density at radius 2 is 1.97 bits per heavy atom. The molecular weight excluding hydrogens is 494 g/mol. The summed E-state index contributed by atoms with van der Waals surface area (Å²) >= 11 is 4.51. The molecule has 7 nitrogen and oxygen atoms in total. The van der Waals surface area contributed by atoms with E-state index >= 15 is 0 Å². The number of halogens is 1. The Kier molecular flexibility index (Phi) is 6.20. The summed E-state index contributed by atoms with van der Waals surface area (Å²) in [6.45, 7) is 3.76. The van der Waals surface area contributed by atoms with Gasteiger partial charge in [0.05, 0.1) is 17.7 Å². The van der Waals surface area contributed by atoms with Crippen LogP contribution in [0.5, 0.6) is 0 Å². The van der Waals surface area contributed by atoms with E-state index in [2.05, 4.69) is 26.3 Å². The topological polar surface area (TPSA) is 90.3 Å². The largest absolute Gasteiger partial charge is 0.461 e. The van der Waals surface area contributed by atoms with Gasteiger partial charge in [0.15, 0.2) is 5.69 Å². The van der Waals surface area contributed by atoms with E-state index < -0.39 is 11.5 Å². The fourth-order valence-electron chi connectivity index (χ4n) is 3.23. The molecule has 4 rings (SSSR count). The first kappa shape index (κ1) is 21.9. The zero-order valence-corrected chi connectivity index (χ0v) is 19.6. The van der Waals surface area contributed by atoms with E-state index in [1.165, 1.54) is 4.68 Å². The van der Waals surface area contributed by atoms with Crippen LogP contribution in [-0.4, -0.2) is 28.3 Å². The van der Waals surface area contributed by atoms with Crippen molar-refractivity contribution in [1.29, 1.82) is 0 Å². The summed E-state index contributed by atoms with van der Waals surface area (Å²) in [4.78, 5) is 38.8. The summed E-state index contributed by atoms with van der Waals surface area (Å²) < 4.78 is 7.09. The van der Waals surface area contributed by atoms with Crippen molar-refractivity contribution >= 4 is 54.9 Å². The van der Waals surface area contributed by atoms with E-state index in [0.29, 0.717) is 21.6 Å². The van der Waals surface area contributed by atoms with E-state index in [1.54, 1.807) is 48.7 Å². The molecule has 0 aliphatic rings. The number of amides is 1. The van der Waals surface area contributed by atoms with Gasteiger partial charge in [0.2, 0.25) is 0 Å². The molecule has 0 atom stereocenters. The van der Waals surface area contributed by atoms with Crippen molar-refractivity contribution in [3.8, 4) is 5.69 Å². The Labute approximate surface area is 195 Å². The second kappa shape index (κ2) is 9.05. The number of aromatic nitrogens is 2. The van der Waals surface area contributed by atoms with Crippen LogP contribution >= 0.6 is 27.3 Å². The SMILES string of the molecule is CCOC(=O)c1nn(-c2cccc(C)c2)c(=O)c2c(NC(=O)c3cccc(Br)c3)scc12. The highest BCUT2D eigenvalue weighted by Crippen LogP contribution is 2.31. The first-order chi connectivity index (χ1) is 15.4. The van der Waals surface area contributed by atoms with Crippen molar-refractivity contribution in [3.63, 3.8) is 0 Å². The maximum atomic E-state index is 13.4. The van der Waals surface area contributed by atoms with Crippen LogP contribution in [-0.2, 0) is 4.74 Å². The minimum Gasteiger partial charge on any atom is -0.461 e. The average molecular weight is 512 g/mol. The van der Waals surface area contributed by atoms with Gasteiger partial charge in [-0.15, -0.1) is 11.3 Å². The van der Waals surface area contributed by atoms with E-state index in [0.717, 1.165) is 21.4 Å². The van der Waals surface area contributed by atoms with Gasteiger partial charge in [-0.05, 0) is 49.7 Å². The van der Waals surface area contributed by atoms with Crippen molar-refractivity contribution in [2.45, 2.75) is 13.8 Å². The number of carbonyl (C=O) groups excluding carboxylic acids is 2. The summed E-state index contributed by atoms with van der Waals surface area (Å²) in [5.74, 6) is -1.01. The highest BCUT2D eigenvalue weighted by atomic mass is 79.9. The monoisotopic (exact) mass is 511 g/mol. The molecule has 0 radical (unpaired) electrons. The van der Waals surface area contributed by atoms with Gasteiger partial charge in [-0.3, -0.25) is 9.59 Å². The van der Waals surface area contributed by atoms with Crippen LogP contribution in [0.1, 0.15) is 33.3 Å². The van der Waals surface area contributed by atoms with Gasteiger partial charge >= 0.3 is 5.97 Å². The van der Waals surface area contributed by atoms with Crippen LogP contribution in [0.15, 0.2) is 63.2 Å². The normalized spacial score (nSPS) is 10.8. The Morgan fingerprint density at radius 1 is 1.19 bits per heavy atom. The summed E-state index contributed by atoms with van der Waals surface area (Å²) in [5.41, 5.74) is 1.45. The van der Waals surface area contributed by atoms with Gasteiger partial charge in [0.1, 0.15) is 5.00 Å². The summed E-state index contributed by atoms with van der Waals surface area (Å²) in [5, 5.41) is 9.63. The Bertz CT molecular complexity index is 1410. The van der Waals surface area contributed by atoms with Crippen molar-refractivity contribution in [2.24, 2.45) is 0 Å². The molecule has 0 saturated heterocycles. The van der Waals surface area contributed by atoms with E-state index in [-0.39, 0.29) is 23.6 Å². The summed E-state index contributed by atoms with van der Waals surface area (Å²) in [6, 6.07) is 14.1. The molecule has 2 heterocycles. The number of nitrogens with one attached hydrogen (secondary N) is 1. The van der Waals surface area contributed by atoms with Gasteiger partial charge in [0.25, 0.3) is 11.5 Å². The highest BCUT2D eigenvalue weighted by Gasteiger charge is 2.23. The first-order valence-electron chi connectivity index (χ1n) is 9.74. The molecule has 4 aromatic rings. The molecule has 0 bridgehead atoms. The number of benzene rings is 2. The Hall–Kier alpha value is -3.30. The summed E-state index contributed by atoms with van der Waals surface area (Å²) in [7, 11) is 0. The predicted octanol–water partition coefficient (Wildman–Crippen LogP) is 4.95. The zero-order valence-electron chi connectivity index (χ0n) is 17.2. The van der Waals surface area contributed by atoms with Gasteiger partial charge < -0.3 is 10.1 Å². The third-order valence-electron chi connectivity index (χ3n) is 4.68. The zero-order chi connectivity index (χ0) is 22.8.